The van der Waals surface area contributed by atoms with Gasteiger partial charge in [-0.3, -0.25) is 0 Å². The Balaban J connectivity index is 2.63. The summed E-state index contributed by atoms with van der Waals surface area (Å²) in [6, 6.07) is 2.06. The molecule has 98 valence electrons. The molecule has 0 fully saturated rings. The highest BCUT2D eigenvalue weighted by Crippen LogP contribution is 2.21. The van der Waals surface area contributed by atoms with Crippen LogP contribution in [0, 0.1) is 0 Å². The first-order chi connectivity index (χ1) is 7.90. The SMILES string of the molecule is CCCNC(Cc1cc(Br)cs1)CS(C)(=O)=O. The van der Waals surface area contributed by atoms with Crippen LogP contribution in [-0.2, 0) is 16.3 Å². The topological polar surface area (TPSA) is 46.2 Å². The highest BCUT2D eigenvalue weighted by atomic mass is 79.9. The van der Waals surface area contributed by atoms with Gasteiger partial charge in [-0.15, -0.1) is 11.3 Å². The van der Waals surface area contributed by atoms with Crippen LogP contribution in [0.5, 0.6) is 0 Å². The summed E-state index contributed by atoms with van der Waals surface area (Å²) in [4.78, 5) is 1.20. The van der Waals surface area contributed by atoms with Gasteiger partial charge in [-0.2, -0.15) is 0 Å². The highest BCUT2D eigenvalue weighted by molar-refractivity contribution is 9.10. The van der Waals surface area contributed by atoms with Gasteiger partial charge >= 0.3 is 0 Å². The lowest BCUT2D eigenvalue weighted by Gasteiger charge is -2.16. The van der Waals surface area contributed by atoms with Gasteiger partial charge in [-0.1, -0.05) is 6.92 Å². The zero-order valence-corrected chi connectivity index (χ0v) is 13.3. The molecule has 1 heterocycles. The van der Waals surface area contributed by atoms with Crippen LogP contribution in [0.2, 0.25) is 0 Å². The lowest BCUT2D eigenvalue weighted by Crippen LogP contribution is -2.37. The Morgan fingerprint density at radius 2 is 2.24 bits per heavy atom. The van der Waals surface area contributed by atoms with E-state index in [4.69, 9.17) is 0 Å². The molecule has 0 aliphatic carbocycles. The number of sulfone groups is 1. The van der Waals surface area contributed by atoms with E-state index in [-0.39, 0.29) is 11.8 Å². The molecule has 0 radical (unpaired) electrons. The minimum absolute atomic E-state index is 0.00972. The molecule has 1 N–H and O–H groups in total. The summed E-state index contributed by atoms with van der Waals surface area (Å²) in [6.07, 6.45) is 3.07. The summed E-state index contributed by atoms with van der Waals surface area (Å²) in [5.41, 5.74) is 0. The largest absolute Gasteiger partial charge is 0.313 e. The number of thiophene rings is 1. The first-order valence-corrected chi connectivity index (χ1v) is 9.28. The Labute approximate surface area is 116 Å². The van der Waals surface area contributed by atoms with E-state index >= 15 is 0 Å². The third-order valence-corrected chi connectivity index (χ3v) is 4.98. The van der Waals surface area contributed by atoms with E-state index in [0.717, 1.165) is 23.9 Å². The van der Waals surface area contributed by atoms with E-state index < -0.39 is 9.84 Å². The fourth-order valence-corrected chi connectivity index (χ4v) is 4.11. The van der Waals surface area contributed by atoms with Crippen LogP contribution in [0.3, 0.4) is 0 Å². The van der Waals surface area contributed by atoms with Crippen LogP contribution in [-0.4, -0.2) is 33.0 Å². The van der Waals surface area contributed by atoms with Crippen molar-refractivity contribution in [2.75, 3.05) is 18.6 Å². The lowest BCUT2D eigenvalue weighted by atomic mass is 10.2. The van der Waals surface area contributed by atoms with Crippen molar-refractivity contribution in [3.05, 3.63) is 20.8 Å². The van der Waals surface area contributed by atoms with Gasteiger partial charge < -0.3 is 5.32 Å². The number of halogens is 1. The van der Waals surface area contributed by atoms with Crippen LogP contribution in [0.4, 0.5) is 0 Å². The number of hydrogen-bond acceptors (Lipinski definition) is 4. The third kappa shape index (κ3) is 6.55. The molecule has 0 aliphatic rings. The van der Waals surface area contributed by atoms with Crippen molar-refractivity contribution in [3.8, 4) is 0 Å². The van der Waals surface area contributed by atoms with Crippen LogP contribution in [0.25, 0.3) is 0 Å². The van der Waals surface area contributed by atoms with Crippen molar-refractivity contribution in [2.45, 2.75) is 25.8 Å². The summed E-state index contributed by atoms with van der Waals surface area (Å²) in [7, 11) is -2.94. The standard InChI is InChI=1S/C11H18BrNO2S2/c1-3-4-13-10(8-17(2,14)15)6-11-5-9(12)7-16-11/h5,7,10,13H,3-4,6,8H2,1-2H3. The van der Waals surface area contributed by atoms with Gasteiger partial charge in [0.1, 0.15) is 9.84 Å². The Morgan fingerprint density at radius 1 is 1.53 bits per heavy atom. The fraction of sp³-hybridized carbons (Fsp3) is 0.636. The van der Waals surface area contributed by atoms with Crippen LogP contribution in [0.15, 0.2) is 15.9 Å². The second-order valence-corrected chi connectivity index (χ2v) is 8.28. The highest BCUT2D eigenvalue weighted by Gasteiger charge is 2.16. The minimum atomic E-state index is -2.94. The van der Waals surface area contributed by atoms with Crippen molar-refractivity contribution in [1.29, 1.82) is 0 Å². The molecule has 0 amide bonds. The number of nitrogens with one attached hydrogen (secondary N) is 1. The minimum Gasteiger partial charge on any atom is -0.313 e. The molecule has 0 saturated carbocycles. The number of rotatable bonds is 7. The Kier molecular flexibility index (Phi) is 6.12. The molecule has 1 unspecified atom stereocenters. The molecule has 3 nitrogen and oxygen atoms in total. The Bertz CT molecular complexity index is 442. The molecule has 1 rings (SSSR count). The van der Waals surface area contributed by atoms with Crippen molar-refractivity contribution in [2.24, 2.45) is 0 Å². The maximum absolute atomic E-state index is 11.4. The molecule has 17 heavy (non-hydrogen) atoms. The first kappa shape index (κ1) is 15.1. The normalized spacial score (nSPS) is 13.8. The van der Waals surface area contributed by atoms with Crippen LogP contribution >= 0.6 is 27.3 Å². The zero-order chi connectivity index (χ0) is 12.9. The van der Waals surface area contributed by atoms with Gasteiger partial charge in [0.15, 0.2) is 0 Å². The molecule has 0 spiro atoms. The molecule has 0 aliphatic heterocycles. The van der Waals surface area contributed by atoms with E-state index in [1.54, 1.807) is 11.3 Å². The summed E-state index contributed by atoms with van der Waals surface area (Å²) >= 11 is 5.06. The van der Waals surface area contributed by atoms with Gasteiger partial charge in [-0.25, -0.2) is 8.42 Å². The van der Waals surface area contributed by atoms with E-state index in [0.29, 0.717) is 0 Å². The smallest absolute Gasteiger partial charge is 0.148 e. The molecule has 6 heteroatoms. The summed E-state index contributed by atoms with van der Waals surface area (Å²) in [6.45, 7) is 2.93. The second kappa shape index (κ2) is 6.87. The summed E-state index contributed by atoms with van der Waals surface area (Å²) in [5.74, 6) is 0.197. The van der Waals surface area contributed by atoms with Gasteiger partial charge in [0.2, 0.25) is 0 Å². The molecule has 0 saturated heterocycles. The van der Waals surface area contributed by atoms with Crippen molar-refractivity contribution in [1.82, 2.24) is 5.32 Å². The molecular weight excluding hydrogens is 322 g/mol. The third-order valence-electron chi connectivity index (χ3n) is 2.26. The van der Waals surface area contributed by atoms with Gasteiger partial charge in [0.05, 0.1) is 5.75 Å². The molecule has 1 aromatic rings. The Hall–Kier alpha value is 0.0900. The molecular formula is C11H18BrNO2S2. The predicted octanol–water partition coefficient (Wildman–Crippen LogP) is 2.47. The summed E-state index contributed by atoms with van der Waals surface area (Å²) in [5, 5.41) is 5.32. The van der Waals surface area contributed by atoms with E-state index in [2.05, 4.69) is 28.2 Å². The molecule has 1 atom stereocenters. The molecule has 0 aromatic carbocycles. The zero-order valence-electron chi connectivity index (χ0n) is 10.1. The number of hydrogen-bond donors (Lipinski definition) is 1. The van der Waals surface area contributed by atoms with E-state index in [1.807, 2.05) is 11.4 Å². The van der Waals surface area contributed by atoms with E-state index in [1.165, 1.54) is 11.1 Å². The van der Waals surface area contributed by atoms with Crippen molar-refractivity contribution < 1.29 is 8.42 Å². The first-order valence-electron chi connectivity index (χ1n) is 5.54. The van der Waals surface area contributed by atoms with Crippen LogP contribution < -0.4 is 5.32 Å². The van der Waals surface area contributed by atoms with Crippen molar-refractivity contribution in [3.63, 3.8) is 0 Å². The van der Waals surface area contributed by atoms with Crippen LogP contribution in [0.1, 0.15) is 18.2 Å². The fourth-order valence-electron chi connectivity index (χ4n) is 1.61. The summed E-state index contributed by atoms with van der Waals surface area (Å²) < 4.78 is 23.8. The lowest BCUT2D eigenvalue weighted by molar-refractivity contribution is 0.532. The van der Waals surface area contributed by atoms with Gasteiger partial charge in [-0.05, 0) is 41.4 Å². The average Bonchev–Trinajstić information content (AvgIpc) is 2.58. The van der Waals surface area contributed by atoms with Gasteiger partial charge in [0.25, 0.3) is 0 Å². The van der Waals surface area contributed by atoms with Gasteiger partial charge in [0, 0.05) is 27.0 Å². The quantitative estimate of drug-likeness (QED) is 0.829. The van der Waals surface area contributed by atoms with Crippen molar-refractivity contribution >= 4 is 37.1 Å². The second-order valence-electron chi connectivity index (χ2n) is 4.18. The maximum Gasteiger partial charge on any atom is 0.148 e. The molecule has 1 aromatic heterocycles. The van der Waals surface area contributed by atoms with E-state index in [9.17, 15) is 8.42 Å². The average molecular weight is 340 g/mol. The molecule has 0 bridgehead atoms. The maximum atomic E-state index is 11.4. The monoisotopic (exact) mass is 339 g/mol. The predicted molar refractivity (Wildman–Crippen MR) is 77.5 cm³/mol. The Morgan fingerprint density at radius 3 is 2.71 bits per heavy atom.